The molecule has 1 N–H and O–H groups in total. The number of aliphatic hydroxyl groups excluding tert-OH is 1. The molecule has 0 heterocycles. The largest absolute Gasteiger partial charge is 0.469 e. The van der Waals surface area contributed by atoms with E-state index in [-0.39, 0.29) is 12.1 Å². The van der Waals surface area contributed by atoms with Gasteiger partial charge in [0.15, 0.2) is 0 Å². The summed E-state index contributed by atoms with van der Waals surface area (Å²) in [4.78, 5) is 11.0. The van der Waals surface area contributed by atoms with Gasteiger partial charge in [-0.2, -0.15) is 0 Å². The molecule has 0 aliphatic carbocycles. The Kier molecular flexibility index (Phi) is 22.3. The van der Waals surface area contributed by atoms with Crippen molar-refractivity contribution in [3.63, 3.8) is 0 Å². The van der Waals surface area contributed by atoms with Crippen molar-refractivity contribution < 1.29 is 14.6 Å². The normalized spacial score (nSPS) is 12.2. The standard InChI is InChI=1S/C25H50O3/c1-3-4-5-6-15-18-21-24(26)22-19-16-13-11-9-7-8-10-12-14-17-20-23-25(27)28-2/h24,26H,3-23H2,1-2H3. The molecular weight excluding hydrogens is 348 g/mol. The second-order valence-electron chi connectivity index (χ2n) is 8.57. The summed E-state index contributed by atoms with van der Waals surface area (Å²) < 4.78 is 4.65. The van der Waals surface area contributed by atoms with E-state index in [2.05, 4.69) is 11.7 Å². The molecule has 0 aliphatic heterocycles. The lowest BCUT2D eigenvalue weighted by Crippen LogP contribution is -2.05. The first kappa shape index (κ1) is 27.4. The summed E-state index contributed by atoms with van der Waals surface area (Å²) in [6.45, 7) is 2.25. The number of carbonyl (C=O) groups excluding carboxylic acids is 1. The Morgan fingerprint density at radius 3 is 1.39 bits per heavy atom. The van der Waals surface area contributed by atoms with E-state index in [9.17, 15) is 9.90 Å². The molecular formula is C25H50O3. The molecule has 0 fully saturated rings. The SMILES string of the molecule is CCCCCCCCC(O)CCCCCCCCCCCCCCC(=O)OC. The van der Waals surface area contributed by atoms with Crippen LogP contribution in [0.2, 0.25) is 0 Å². The second kappa shape index (κ2) is 22.7. The van der Waals surface area contributed by atoms with Crippen LogP contribution in [0.5, 0.6) is 0 Å². The summed E-state index contributed by atoms with van der Waals surface area (Å²) >= 11 is 0. The van der Waals surface area contributed by atoms with E-state index in [1.807, 2.05) is 0 Å². The van der Waals surface area contributed by atoms with Crippen LogP contribution in [0.3, 0.4) is 0 Å². The first-order valence-corrected chi connectivity index (χ1v) is 12.5. The number of aliphatic hydroxyl groups is 1. The summed E-state index contributed by atoms with van der Waals surface area (Å²) in [6.07, 6.45) is 25.7. The monoisotopic (exact) mass is 398 g/mol. The zero-order valence-corrected chi connectivity index (χ0v) is 19.2. The van der Waals surface area contributed by atoms with E-state index >= 15 is 0 Å². The van der Waals surface area contributed by atoms with Gasteiger partial charge in [0.1, 0.15) is 0 Å². The topological polar surface area (TPSA) is 46.5 Å². The van der Waals surface area contributed by atoms with Gasteiger partial charge in [0.25, 0.3) is 0 Å². The average Bonchev–Trinajstić information content (AvgIpc) is 2.70. The highest BCUT2D eigenvalue weighted by atomic mass is 16.5. The minimum Gasteiger partial charge on any atom is -0.469 e. The van der Waals surface area contributed by atoms with Crippen molar-refractivity contribution in [2.24, 2.45) is 0 Å². The number of hydrogen-bond acceptors (Lipinski definition) is 3. The molecule has 0 aromatic carbocycles. The molecule has 28 heavy (non-hydrogen) atoms. The minimum absolute atomic E-state index is 0.0567. The van der Waals surface area contributed by atoms with Crippen LogP contribution in [-0.4, -0.2) is 24.3 Å². The maximum atomic E-state index is 11.0. The van der Waals surface area contributed by atoms with Crippen LogP contribution in [0.4, 0.5) is 0 Å². The van der Waals surface area contributed by atoms with E-state index in [1.54, 1.807) is 0 Å². The van der Waals surface area contributed by atoms with Crippen LogP contribution in [0, 0.1) is 0 Å². The van der Waals surface area contributed by atoms with Gasteiger partial charge >= 0.3 is 5.97 Å². The quantitative estimate of drug-likeness (QED) is 0.150. The Hall–Kier alpha value is -0.570. The average molecular weight is 399 g/mol. The fourth-order valence-electron chi connectivity index (χ4n) is 3.82. The molecule has 3 nitrogen and oxygen atoms in total. The molecule has 1 atom stereocenters. The van der Waals surface area contributed by atoms with Crippen LogP contribution < -0.4 is 0 Å². The molecule has 0 aromatic rings. The maximum absolute atomic E-state index is 11.0. The van der Waals surface area contributed by atoms with Crippen molar-refractivity contribution in [1.29, 1.82) is 0 Å². The Bertz CT molecular complexity index is 317. The van der Waals surface area contributed by atoms with Crippen molar-refractivity contribution in [3.05, 3.63) is 0 Å². The minimum atomic E-state index is -0.0766. The van der Waals surface area contributed by atoms with Gasteiger partial charge in [0.05, 0.1) is 13.2 Å². The Morgan fingerprint density at radius 1 is 0.643 bits per heavy atom. The first-order valence-electron chi connectivity index (χ1n) is 12.5. The van der Waals surface area contributed by atoms with E-state index < -0.39 is 0 Å². The lowest BCUT2D eigenvalue weighted by atomic mass is 10.0. The van der Waals surface area contributed by atoms with Gasteiger partial charge in [0, 0.05) is 6.42 Å². The van der Waals surface area contributed by atoms with E-state index in [0.717, 1.165) is 25.7 Å². The molecule has 0 aliphatic rings. The van der Waals surface area contributed by atoms with Crippen molar-refractivity contribution in [3.8, 4) is 0 Å². The van der Waals surface area contributed by atoms with E-state index in [0.29, 0.717) is 6.42 Å². The summed E-state index contributed by atoms with van der Waals surface area (Å²) in [5, 5.41) is 10.0. The lowest BCUT2D eigenvalue weighted by Gasteiger charge is -2.10. The van der Waals surface area contributed by atoms with Crippen molar-refractivity contribution in [2.75, 3.05) is 7.11 Å². The highest BCUT2D eigenvalue weighted by Crippen LogP contribution is 2.15. The predicted octanol–water partition coefficient (Wildman–Crippen LogP) is 7.73. The maximum Gasteiger partial charge on any atom is 0.305 e. The van der Waals surface area contributed by atoms with Crippen molar-refractivity contribution >= 4 is 5.97 Å². The molecule has 0 bridgehead atoms. The molecule has 0 amide bonds. The highest BCUT2D eigenvalue weighted by Gasteiger charge is 2.03. The van der Waals surface area contributed by atoms with Gasteiger partial charge in [-0.25, -0.2) is 0 Å². The van der Waals surface area contributed by atoms with Gasteiger partial charge in [-0.15, -0.1) is 0 Å². The summed E-state index contributed by atoms with van der Waals surface area (Å²) in [5.74, 6) is -0.0766. The first-order chi connectivity index (χ1) is 13.7. The summed E-state index contributed by atoms with van der Waals surface area (Å²) in [6, 6.07) is 0. The number of esters is 1. The molecule has 0 aromatic heterocycles. The molecule has 3 heteroatoms. The van der Waals surface area contributed by atoms with E-state index in [4.69, 9.17) is 0 Å². The van der Waals surface area contributed by atoms with Crippen molar-refractivity contribution in [1.82, 2.24) is 0 Å². The van der Waals surface area contributed by atoms with Gasteiger partial charge in [-0.1, -0.05) is 116 Å². The van der Waals surface area contributed by atoms with Crippen molar-refractivity contribution in [2.45, 2.75) is 148 Å². The Balaban J connectivity index is 3.14. The number of methoxy groups -OCH3 is 1. The highest BCUT2D eigenvalue weighted by molar-refractivity contribution is 5.68. The zero-order valence-electron chi connectivity index (χ0n) is 19.2. The number of carbonyl (C=O) groups is 1. The van der Waals surface area contributed by atoms with Crippen LogP contribution in [0.15, 0.2) is 0 Å². The lowest BCUT2D eigenvalue weighted by molar-refractivity contribution is -0.140. The summed E-state index contributed by atoms with van der Waals surface area (Å²) in [5.41, 5.74) is 0. The summed E-state index contributed by atoms with van der Waals surface area (Å²) in [7, 11) is 1.46. The molecule has 168 valence electrons. The smallest absolute Gasteiger partial charge is 0.305 e. The fraction of sp³-hybridized carbons (Fsp3) is 0.960. The second-order valence-corrected chi connectivity index (χ2v) is 8.57. The molecule has 0 radical (unpaired) electrons. The van der Waals surface area contributed by atoms with Crippen LogP contribution in [0.1, 0.15) is 142 Å². The van der Waals surface area contributed by atoms with Gasteiger partial charge < -0.3 is 9.84 Å². The third-order valence-corrected chi connectivity index (χ3v) is 5.79. The molecule has 0 spiro atoms. The fourth-order valence-corrected chi connectivity index (χ4v) is 3.82. The van der Waals surface area contributed by atoms with Crippen LogP contribution in [-0.2, 0) is 9.53 Å². The number of ether oxygens (including phenoxy) is 1. The van der Waals surface area contributed by atoms with Gasteiger partial charge in [-0.05, 0) is 19.3 Å². The Labute approximate surface area is 176 Å². The van der Waals surface area contributed by atoms with Gasteiger partial charge in [0.2, 0.25) is 0 Å². The number of rotatable bonds is 22. The van der Waals surface area contributed by atoms with E-state index in [1.165, 1.54) is 110 Å². The zero-order chi connectivity index (χ0) is 20.7. The number of unbranched alkanes of at least 4 members (excludes halogenated alkanes) is 16. The molecule has 1 unspecified atom stereocenters. The third-order valence-electron chi connectivity index (χ3n) is 5.79. The Morgan fingerprint density at radius 2 is 1.00 bits per heavy atom. The van der Waals surface area contributed by atoms with Gasteiger partial charge in [-0.3, -0.25) is 4.79 Å². The third kappa shape index (κ3) is 21.7. The number of hydrogen-bond donors (Lipinski definition) is 1. The van der Waals surface area contributed by atoms with Crippen LogP contribution in [0.25, 0.3) is 0 Å². The van der Waals surface area contributed by atoms with Crippen LogP contribution >= 0.6 is 0 Å². The molecule has 0 saturated heterocycles. The predicted molar refractivity (Wildman–Crippen MR) is 121 cm³/mol. The molecule has 0 saturated carbocycles. The molecule has 0 rings (SSSR count).